The Labute approximate surface area is 223 Å². The molecule has 0 amide bonds. The van der Waals surface area contributed by atoms with E-state index >= 15 is 0 Å². The molecule has 3 aromatic rings. The van der Waals surface area contributed by atoms with E-state index in [1.807, 2.05) is 78.6 Å². The van der Waals surface area contributed by atoms with Crippen LogP contribution in [0.3, 0.4) is 0 Å². The second kappa shape index (κ2) is 13.0. The summed E-state index contributed by atoms with van der Waals surface area (Å²) in [4.78, 5) is 13.8. The summed E-state index contributed by atoms with van der Waals surface area (Å²) in [5.41, 5.74) is 6.30. The van der Waals surface area contributed by atoms with Crippen molar-refractivity contribution in [2.45, 2.75) is 19.5 Å². The van der Waals surface area contributed by atoms with Gasteiger partial charge < -0.3 is 19.9 Å². The fourth-order valence-electron chi connectivity index (χ4n) is 4.71. The lowest BCUT2D eigenvalue weighted by Crippen LogP contribution is -2.54. The molecular formula is C31H33N3O4. The number of benzene rings is 3. The number of nitrogens with zero attached hydrogens (tertiary/aromatic N) is 2. The maximum Gasteiger partial charge on any atom is 0.322 e. The number of nitriles is 1. The normalized spacial score (nSPS) is 15.9. The molecule has 2 N–H and O–H groups in total. The number of carbonyl (C=O) groups is 1. The van der Waals surface area contributed by atoms with E-state index in [4.69, 9.17) is 9.47 Å². The van der Waals surface area contributed by atoms with E-state index < -0.39 is 12.0 Å². The van der Waals surface area contributed by atoms with Gasteiger partial charge in [0.15, 0.2) is 0 Å². The number of hydrogen-bond acceptors (Lipinski definition) is 6. The van der Waals surface area contributed by atoms with E-state index in [1.165, 1.54) is 0 Å². The summed E-state index contributed by atoms with van der Waals surface area (Å²) in [5, 5.41) is 22.8. The molecular weight excluding hydrogens is 478 g/mol. The van der Waals surface area contributed by atoms with Crippen LogP contribution in [-0.2, 0) is 16.1 Å². The molecule has 3 aromatic carbocycles. The van der Waals surface area contributed by atoms with Crippen LogP contribution >= 0.6 is 0 Å². The van der Waals surface area contributed by atoms with Gasteiger partial charge in [-0.1, -0.05) is 66.7 Å². The van der Waals surface area contributed by atoms with E-state index in [2.05, 4.69) is 17.5 Å². The van der Waals surface area contributed by atoms with Crippen molar-refractivity contribution in [2.75, 3.05) is 40.0 Å². The van der Waals surface area contributed by atoms with Crippen molar-refractivity contribution in [3.8, 4) is 22.9 Å². The largest absolute Gasteiger partial charge is 0.491 e. The number of piperazine rings is 1. The van der Waals surface area contributed by atoms with Gasteiger partial charge in [0.05, 0.1) is 12.2 Å². The van der Waals surface area contributed by atoms with Gasteiger partial charge in [-0.25, -0.2) is 0 Å². The third-order valence-corrected chi connectivity index (χ3v) is 6.74. The van der Waals surface area contributed by atoms with Gasteiger partial charge in [0.2, 0.25) is 0 Å². The number of aliphatic carboxylic acids is 1. The first-order valence-corrected chi connectivity index (χ1v) is 12.7. The number of carboxylic acid groups (broad SMARTS) is 1. The smallest absolute Gasteiger partial charge is 0.322 e. The number of carboxylic acids is 1. The molecule has 1 unspecified atom stereocenters. The van der Waals surface area contributed by atoms with Crippen molar-refractivity contribution in [2.24, 2.45) is 0 Å². The molecule has 7 heteroatoms. The van der Waals surface area contributed by atoms with Gasteiger partial charge in [0.25, 0.3) is 0 Å². The van der Waals surface area contributed by atoms with Crippen LogP contribution in [0.4, 0.5) is 0 Å². The van der Waals surface area contributed by atoms with Crippen molar-refractivity contribution in [3.05, 3.63) is 88.5 Å². The molecule has 1 aliphatic heterocycles. The first-order chi connectivity index (χ1) is 18.5. The van der Waals surface area contributed by atoms with Crippen LogP contribution in [0.2, 0.25) is 0 Å². The number of ether oxygens (including phenoxy) is 2. The SMILES string of the molecule is COCCOc1cc(/C=C/c2cccc(-c3ccccc3)c2C#N)c(C)cc1CN1CCNCC1C(=O)O. The van der Waals surface area contributed by atoms with Gasteiger partial charge >= 0.3 is 5.97 Å². The van der Waals surface area contributed by atoms with E-state index in [1.54, 1.807) is 7.11 Å². The summed E-state index contributed by atoms with van der Waals surface area (Å²) >= 11 is 0. The second-order valence-electron chi connectivity index (χ2n) is 9.27. The highest BCUT2D eigenvalue weighted by Gasteiger charge is 2.29. The molecule has 0 aliphatic carbocycles. The van der Waals surface area contributed by atoms with Gasteiger partial charge in [-0.15, -0.1) is 0 Å². The van der Waals surface area contributed by atoms with Crippen molar-refractivity contribution in [1.82, 2.24) is 10.2 Å². The molecule has 0 saturated carbocycles. The number of rotatable bonds is 10. The number of nitrogens with one attached hydrogen (secondary N) is 1. The Balaban J connectivity index is 1.66. The van der Waals surface area contributed by atoms with Crippen molar-refractivity contribution >= 4 is 18.1 Å². The zero-order valence-electron chi connectivity index (χ0n) is 21.8. The zero-order valence-corrected chi connectivity index (χ0v) is 21.8. The van der Waals surface area contributed by atoms with Gasteiger partial charge in [-0.3, -0.25) is 9.69 Å². The Morgan fingerprint density at radius 3 is 2.66 bits per heavy atom. The summed E-state index contributed by atoms with van der Waals surface area (Å²) in [6, 6.07) is 21.6. The maximum absolute atomic E-state index is 11.8. The Morgan fingerprint density at radius 1 is 1.13 bits per heavy atom. The molecule has 0 spiro atoms. The Kier molecular flexibility index (Phi) is 9.28. The molecule has 1 heterocycles. The van der Waals surface area contributed by atoms with Gasteiger partial charge in [0.1, 0.15) is 24.5 Å². The molecule has 1 atom stereocenters. The number of methoxy groups -OCH3 is 1. The van der Waals surface area contributed by atoms with Crippen molar-refractivity contribution in [1.29, 1.82) is 5.26 Å². The minimum Gasteiger partial charge on any atom is -0.491 e. The first-order valence-electron chi connectivity index (χ1n) is 12.7. The lowest BCUT2D eigenvalue weighted by molar-refractivity contribution is -0.144. The van der Waals surface area contributed by atoms with E-state index in [-0.39, 0.29) is 0 Å². The van der Waals surface area contributed by atoms with Gasteiger partial charge in [-0.2, -0.15) is 5.26 Å². The van der Waals surface area contributed by atoms with E-state index in [0.29, 0.717) is 44.2 Å². The Bertz CT molecular complexity index is 1330. The number of hydrogen-bond donors (Lipinski definition) is 2. The third kappa shape index (κ3) is 6.48. The highest BCUT2D eigenvalue weighted by molar-refractivity contribution is 5.81. The monoisotopic (exact) mass is 511 g/mol. The Hall–Kier alpha value is -3.96. The molecule has 1 saturated heterocycles. The molecule has 0 aromatic heterocycles. The molecule has 38 heavy (non-hydrogen) atoms. The summed E-state index contributed by atoms with van der Waals surface area (Å²) in [6.07, 6.45) is 3.96. The predicted octanol–water partition coefficient (Wildman–Crippen LogP) is 4.59. The fourth-order valence-corrected chi connectivity index (χ4v) is 4.71. The molecule has 0 radical (unpaired) electrons. The van der Waals surface area contributed by atoms with Crippen LogP contribution in [0.5, 0.6) is 5.75 Å². The first kappa shape index (κ1) is 27.1. The molecule has 0 bridgehead atoms. The zero-order chi connectivity index (χ0) is 26.9. The molecule has 1 fully saturated rings. The second-order valence-corrected chi connectivity index (χ2v) is 9.27. The topological polar surface area (TPSA) is 94.8 Å². The summed E-state index contributed by atoms with van der Waals surface area (Å²) in [5.74, 6) is -0.130. The fraction of sp³-hybridized carbons (Fsp3) is 0.290. The predicted molar refractivity (Wildman–Crippen MR) is 149 cm³/mol. The van der Waals surface area contributed by atoms with Crippen LogP contribution < -0.4 is 10.1 Å². The molecule has 1 aliphatic rings. The van der Waals surface area contributed by atoms with E-state index in [9.17, 15) is 15.2 Å². The van der Waals surface area contributed by atoms with Crippen LogP contribution in [0.15, 0.2) is 60.7 Å². The van der Waals surface area contributed by atoms with Crippen molar-refractivity contribution in [3.63, 3.8) is 0 Å². The van der Waals surface area contributed by atoms with Crippen LogP contribution in [0, 0.1) is 18.3 Å². The quantitative estimate of drug-likeness (QED) is 0.304. The average Bonchev–Trinajstić information content (AvgIpc) is 2.94. The van der Waals surface area contributed by atoms with Crippen molar-refractivity contribution < 1.29 is 19.4 Å². The highest BCUT2D eigenvalue weighted by Crippen LogP contribution is 2.30. The van der Waals surface area contributed by atoms with Crippen LogP contribution in [-0.4, -0.2) is 62.0 Å². The number of aryl methyl sites for hydroxylation is 1. The molecule has 7 nitrogen and oxygen atoms in total. The standard InChI is InChI=1S/C31H33N3O4/c1-22-17-26(21-34-14-13-33-20-29(34)31(35)36)30(38-16-15-37-2)18-25(22)12-11-24-9-6-10-27(28(24)19-32)23-7-4-3-5-8-23/h3-12,17-18,29,33H,13-16,20-21H2,1-2H3,(H,35,36)/b12-11+. The van der Waals surface area contributed by atoms with Crippen LogP contribution in [0.25, 0.3) is 23.3 Å². The highest BCUT2D eigenvalue weighted by atomic mass is 16.5. The molecule has 4 rings (SSSR count). The molecule has 196 valence electrons. The summed E-state index contributed by atoms with van der Waals surface area (Å²) < 4.78 is 11.3. The maximum atomic E-state index is 11.8. The van der Waals surface area contributed by atoms with E-state index in [0.717, 1.165) is 39.9 Å². The van der Waals surface area contributed by atoms with Gasteiger partial charge in [-0.05, 0) is 35.2 Å². The third-order valence-electron chi connectivity index (χ3n) is 6.74. The minimum absolute atomic E-state index is 0.386. The summed E-state index contributed by atoms with van der Waals surface area (Å²) in [6.45, 7) is 5.14. The minimum atomic E-state index is -0.832. The summed E-state index contributed by atoms with van der Waals surface area (Å²) in [7, 11) is 1.63. The average molecular weight is 512 g/mol. The lowest BCUT2D eigenvalue weighted by Gasteiger charge is -2.34. The van der Waals surface area contributed by atoms with Gasteiger partial charge in [0, 0.05) is 44.4 Å². The van der Waals surface area contributed by atoms with Crippen LogP contribution in [0.1, 0.15) is 27.8 Å². The lowest BCUT2D eigenvalue weighted by atomic mass is 9.95. The Morgan fingerprint density at radius 2 is 1.92 bits per heavy atom.